The monoisotopic (exact) mass is 345 g/mol. The first-order chi connectivity index (χ1) is 9.39. The summed E-state index contributed by atoms with van der Waals surface area (Å²) in [5, 5.41) is 17.1. The fourth-order valence-corrected chi connectivity index (χ4v) is 2.94. The average molecular weight is 346 g/mol. The normalized spacial score (nSPS) is 14.2. The van der Waals surface area contributed by atoms with Crippen LogP contribution in [-0.2, 0) is 24.3 Å². The molecule has 1 unspecified atom stereocenters. The van der Waals surface area contributed by atoms with Gasteiger partial charge in [0.25, 0.3) is 0 Å². The van der Waals surface area contributed by atoms with Gasteiger partial charge in [0.1, 0.15) is 5.54 Å². The minimum Gasteiger partial charge on any atom is -0.480 e. The standard InChI is InChI=1S/C14H24BrN3O2/c1-5-8-14(4,13(19)20)16-9-11-12(15)10(6-2)17-18(11)7-3/h16H,5-9H2,1-4H3,(H,19,20). The number of rotatable bonds is 8. The van der Waals surface area contributed by atoms with Crippen molar-refractivity contribution in [2.24, 2.45) is 0 Å². The molecule has 114 valence electrons. The third-order valence-corrected chi connectivity index (χ3v) is 4.48. The molecule has 20 heavy (non-hydrogen) atoms. The van der Waals surface area contributed by atoms with Crippen LogP contribution in [0.15, 0.2) is 4.47 Å². The first-order valence-electron chi connectivity index (χ1n) is 7.12. The molecule has 1 atom stereocenters. The average Bonchev–Trinajstić information content (AvgIpc) is 2.72. The number of aromatic nitrogens is 2. The Labute approximate surface area is 128 Å². The fraction of sp³-hybridized carbons (Fsp3) is 0.714. The van der Waals surface area contributed by atoms with Gasteiger partial charge in [0.05, 0.1) is 15.9 Å². The summed E-state index contributed by atoms with van der Waals surface area (Å²) in [4.78, 5) is 11.4. The quantitative estimate of drug-likeness (QED) is 0.759. The number of nitrogens with zero attached hydrogens (tertiary/aromatic N) is 2. The molecule has 0 aliphatic heterocycles. The summed E-state index contributed by atoms with van der Waals surface area (Å²) >= 11 is 3.58. The lowest BCUT2D eigenvalue weighted by Gasteiger charge is -2.26. The number of carbonyl (C=O) groups is 1. The zero-order valence-electron chi connectivity index (χ0n) is 12.7. The van der Waals surface area contributed by atoms with E-state index in [-0.39, 0.29) is 0 Å². The lowest BCUT2D eigenvalue weighted by atomic mass is 9.96. The lowest BCUT2D eigenvalue weighted by molar-refractivity contribution is -0.144. The molecule has 6 heteroatoms. The summed E-state index contributed by atoms with van der Waals surface area (Å²) in [6.07, 6.45) is 2.27. The molecule has 0 spiro atoms. The van der Waals surface area contributed by atoms with E-state index >= 15 is 0 Å². The molecule has 5 nitrogen and oxygen atoms in total. The first-order valence-corrected chi connectivity index (χ1v) is 7.91. The van der Waals surface area contributed by atoms with E-state index in [0.717, 1.165) is 35.2 Å². The highest BCUT2D eigenvalue weighted by Gasteiger charge is 2.32. The van der Waals surface area contributed by atoms with E-state index in [1.165, 1.54) is 0 Å². The van der Waals surface area contributed by atoms with E-state index in [1.807, 2.05) is 18.5 Å². The minimum atomic E-state index is -0.899. The van der Waals surface area contributed by atoms with Crippen molar-refractivity contribution in [3.8, 4) is 0 Å². The van der Waals surface area contributed by atoms with Crippen molar-refractivity contribution in [1.29, 1.82) is 0 Å². The number of carboxylic acids is 1. The number of aryl methyl sites for hydroxylation is 2. The molecule has 0 amide bonds. The van der Waals surface area contributed by atoms with Crippen LogP contribution in [0, 0.1) is 0 Å². The van der Waals surface area contributed by atoms with Gasteiger partial charge in [-0.3, -0.25) is 14.8 Å². The first kappa shape index (κ1) is 17.2. The number of nitrogens with one attached hydrogen (secondary N) is 1. The number of aliphatic carboxylic acids is 1. The lowest BCUT2D eigenvalue weighted by Crippen LogP contribution is -2.49. The highest BCUT2D eigenvalue weighted by molar-refractivity contribution is 9.10. The van der Waals surface area contributed by atoms with Crippen LogP contribution in [0.1, 0.15) is 51.9 Å². The Morgan fingerprint density at radius 1 is 1.45 bits per heavy atom. The van der Waals surface area contributed by atoms with Crippen molar-refractivity contribution in [2.75, 3.05) is 0 Å². The molecule has 0 radical (unpaired) electrons. The second kappa shape index (κ2) is 7.22. The summed E-state index contributed by atoms with van der Waals surface area (Å²) in [6.45, 7) is 9.08. The van der Waals surface area contributed by atoms with Crippen molar-refractivity contribution in [2.45, 2.75) is 65.6 Å². The van der Waals surface area contributed by atoms with E-state index in [9.17, 15) is 9.90 Å². The van der Waals surface area contributed by atoms with Gasteiger partial charge in [0.15, 0.2) is 0 Å². The number of hydrogen-bond donors (Lipinski definition) is 2. The maximum absolute atomic E-state index is 11.4. The zero-order chi connectivity index (χ0) is 15.3. The Bertz CT molecular complexity index is 473. The fourth-order valence-electron chi connectivity index (χ4n) is 2.24. The molecule has 2 N–H and O–H groups in total. The highest BCUT2D eigenvalue weighted by atomic mass is 79.9. The summed E-state index contributed by atoms with van der Waals surface area (Å²) in [5.74, 6) is -0.811. The third-order valence-electron chi connectivity index (χ3n) is 3.56. The van der Waals surface area contributed by atoms with Crippen LogP contribution in [0.25, 0.3) is 0 Å². The van der Waals surface area contributed by atoms with Crippen LogP contribution in [0.3, 0.4) is 0 Å². The van der Waals surface area contributed by atoms with Crippen LogP contribution in [-0.4, -0.2) is 26.4 Å². The van der Waals surface area contributed by atoms with Gasteiger partial charge in [0.2, 0.25) is 0 Å². The zero-order valence-corrected chi connectivity index (χ0v) is 14.2. The topological polar surface area (TPSA) is 67.2 Å². The molecule has 1 aromatic rings. The van der Waals surface area contributed by atoms with Crippen LogP contribution in [0.5, 0.6) is 0 Å². The van der Waals surface area contributed by atoms with Crippen molar-refractivity contribution in [3.63, 3.8) is 0 Å². The van der Waals surface area contributed by atoms with E-state index in [1.54, 1.807) is 6.92 Å². The van der Waals surface area contributed by atoms with Crippen LogP contribution >= 0.6 is 15.9 Å². The molecular weight excluding hydrogens is 322 g/mol. The summed E-state index contributed by atoms with van der Waals surface area (Å²) in [6, 6.07) is 0. The van der Waals surface area contributed by atoms with Crippen LogP contribution in [0.2, 0.25) is 0 Å². The molecule has 0 fully saturated rings. The molecule has 1 heterocycles. The number of hydrogen-bond acceptors (Lipinski definition) is 3. The highest BCUT2D eigenvalue weighted by Crippen LogP contribution is 2.23. The van der Waals surface area contributed by atoms with Crippen LogP contribution in [0.4, 0.5) is 0 Å². The molecule has 0 saturated heterocycles. The molecule has 0 aliphatic carbocycles. The maximum atomic E-state index is 11.4. The van der Waals surface area contributed by atoms with Crippen molar-refractivity contribution in [3.05, 3.63) is 15.9 Å². The van der Waals surface area contributed by atoms with Gasteiger partial charge in [-0.2, -0.15) is 5.10 Å². The van der Waals surface area contributed by atoms with Gasteiger partial charge in [-0.15, -0.1) is 0 Å². The Balaban J connectivity index is 2.93. The van der Waals surface area contributed by atoms with Gasteiger partial charge in [-0.25, -0.2) is 0 Å². The Morgan fingerprint density at radius 3 is 2.55 bits per heavy atom. The summed E-state index contributed by atoms with van der Waals surface area (Å²) in [7, 11) is 0. The molecular formula is C14H24BrN3O2. The number of carboxylic acid groups (broad SMARTS) is 1. The van der Waals surface area contributed by atoms with E-state index in [2.05, 4.69) is 33.3 Å². The largest absolute Gasteiger partial charge is 0.480 e. The van der Waals surface area contributed by atoms with Gasteiger partial charge < -0.3 is 5.11 Å². The SMILES string of the molecule is CCCC(C)(NCc1c(Br)c(CC)nn1CC)C(=O)O. The van der Waals surface area contributed by atoms with E-state index in [4.69, 9.17) is 0 Å². The predicted molar refractivity (Wildman–Crippen MR) is 82.8 cm³/mol. The predicted octanol–water partition coefficient (Wildman–Crippen LogP) is 2.96. The smallest absolute Gasteiger partial charge is 0.323 e. The van der Waals surface area contributed by atoms with Crippen LogP contribution < -0.4 is 5.32 Å². The Kier molecular flexibility index (Phi) is 6.20. The molecule has 0 aliphatic rings. The maximum Gasteiger partial charge on any atom is 0.323 e. The van der Waals surface area contributed by atoms with Gasteiger partial charge in [-0.1, -0.05) is 20.3 Å². The third kappa shape index (κ3) is 3.61. The second-order valence-electron chi connectivity index (χ2n) is 5.12. The minimum absolute atomic E-state index is 0.490. The van der Waals surface area contributed by atoms with E-state index < -0.39 is 11.5 Å². The molecule has 0 aromatic carbocycles. The second-order valence-corrected chi connectivity index (χ2v) is 5.91. The summed E-state index contributed by atoms with van der Waals surface area (Å²) < 4.78 is 2.91. The Morgan fingerprint density at radius 2 is 2.10 bits per heavy atom. The van der Waals surface area contributed by atoms with Gasteiger partial charge in [0, 0.05) is 13.1 Å². The van der Waals surface area contributed by atoms with Crippen molar-refractivity contribution >= 4 is 21.9 Å². The molecule has 0 saturated carbocycles. The number of halogens is 1. The molecule has 0 bridgehead atoms. The van der Waals surface area contributed by atoms with Crippen molar-refractivity contribution < 1.29 is 9.90 Å². The molecule has 1 rings (SSSR count). The van der Waals surface area contributed by atoms with Gasteiger partial charge in [-0.05, 0) is 42.6 Å². The van der Waals surface area contributed by atoms with E-state index in [0.29, 0.717) is 13.0 Å². The molecule has 1 aromatic heterocycles. The van der Waals surface area contributed by atoms with Gasteiger partial charge >= 0.3 is 5.97 Å². The van der Waals surface area contributed by atoms with Crippen molar-refractivity contribution in [1.82, 2.24) is 15.1 Å². The Hall–Kier alpha value is -0.880. The summed E-state index contributed by atoms with van der Waals surface area (Å²) in [5.41, 5.74) is 1.12.